The van der Waals surface area contributed by atoms with Crippen LogP contribution in [-0.2, 0) is 45.1 Å². The zero-order chi connectivity index (χ0) is 44.0. The minimum Gasteiger partial charge on any atom is -0.486 e. The molecule has 22 heteroatoms. The van der Waals surface area contributed by atoms with Crippen LogP contribution in [0.4, 0.5) is 9.93 Å². The van der Waals surface area contributed by atoms with Gasteiger partial charge in [0, 0.05) is 17.6 Å². The van der Waals surface area contributed by atoms with E-state index in [1.807, 2.05) is 27.0 Å². The molecular weight excluding hydrogens is 801 g/mol. The number of β-lactam (4-membered cyclic amide) rings is 1. The third-order valence-electron chi connectivity index (χ3n) is 8.73. The second-order valence-electron chi connectivity index (χ2n) is 14.5. The highest BCUT2D eigenvalue weighted by molar-refractivity contribution is 7.80. The number of thiazole rings is 1. The summed E-state index contributed by atoms with van der Waals surface area (Å²) in [6, 6.07) is 4.91. The Bertz CT molecular complexity index is 1850. The lowest BCUT2D eigenvalue weighted by atomic mass is 9.80. The van der Waals surface area contributed by atoms with Crippen molar-refractivity contribution in [3.05, 3.63) is 40.4 Å². The number of ether oxygens (including phenoxy) is 2. The molecule has 3 amide bonds. The van der Waals surface area contributed by atoms with Crippen molar-refractivity contribution < 1.29 is 55.9 Å². The number of anilines is 1. The highest BCUT2D eigenvalue weighted by Gasteiger charge is 2.58. The number of aryl methyl sites for hydroxylation is 1. The zero-order valence-corrected chi connectivity index (χ0v) is 35.7. The summed E-state index contributed by atoms with van der Waals surface area (Å²) in [6.07, 6.45) is 3.21. The van der Waals surface area contributed by atoms with E-state index < -0.39 is 57.7 Å². The van der Waals surface area contributed by atoms with Crippen molar-refractivity contribution in [1.29, 1.82) is 5.41 Å². The Balaban J connectivity index is 0.000000768. The molecule has 2 aliphatic heterocycles. The van der Waals surface area contributed by atoms with E-state index in [2.05, 4.69) is 30.4 Å². The molecule has 1 aromatic heterocycles. The first kappa shape index (κ1) is 49.4. The summed E-state index contributed by atoms with van der Waals surface area (Å²) >= 11 is 0.983. The number of hydroxylamine groups is 2. The maximum atomic E-state index is 13.5. The van der Waals surface area contributed by atoms with Gasteiger partial charge in [-0.3, -0.25) is 24.3 Å². The third kappa shape index (κ3) is 14.3. The number of hydrogen-bond donors (Lipinski definition) is 7. The molecule has 3 heterocycles. The van der Waals surface area contributed by atoms with E-state index >= 15 is 0 Å². The monoisotopic (exact) mass is 856 g/mol. The minimum absolute atomic E-state index is 0.000427. The Hall–Kier alpha value is -4.74. The predicted molar refractivity (Wildman–Crippen MR) is 216 cm³/mol. The quantitative estimate of drug-likeness (QED) is 0.0529. The number of carbonyl (C=O) groups is 4. The number of nitrogens with two attached hydrogens (primary N) is 1. The Morgan fingerprint density at radius 1 is 1.26 bits per heavy atom. The summed E-state index contributed by atoms with van der Waals surface area (Å²) in [4.78, 5) is 56.7. The Morgan fingerprint density at radius 2 is 1.90 bits per heavy atom. The first-order chi connectivity index (χ1) is 27.2. The van der Waals surface area contributed by atoms with Gasteiger partial charge in [0.15, 0.2) is 16.9 Å². The summed E-state index contributed by atoms with van der Waals surface area (Å²) in [6.45, 7) is 14.2. The number of nitrogens with one attached hydrogen (secondary N) is 4. The Kier molecular flexibility index (Phi) is 18.6. The zero-order valence-electron chi connectivity index (χ0n) is 34.1. The molecule has 1 aromatic carbocycles. The fourth-order valence-corrected chi connectivity index (χ4v) is 6.81. The van der Waals surface area contributed by atoms with Crippen LogP contribution >= 0.6 is 11.3 Å². The normalized spacial score (nSPS) is 21.1. The molecule has 3 unspecified atom stereocenters. The van der Waals surface area contributed by atoms with Gasteiger partial charge < -0.3 is 41.2 Å². The molecule has 20 nitrogen and oxygen atoms in total. The molecule has 5 rings (SSSR count). The van der Waals surface area contributed by atoms with Crippen LogP contribution in [0.5, 0.6) is 5.75 Å². The van der Waals surface area contributed by atoms with Crippen molar-refractivity contribution in [2.75, 3.05) is 18.9 Å². The van der Waals surface area contributed by atoms with Gasteiger partial charge in [0.05, 0.1) is 5.54 Å². The van der Waals surface area contributed by atoms with Crippen LogP contribution in [0.3, 0.4) is 0 Å². The standard InChI is InChI=1S/C27H34N6O10S2.C6H14N2.C2H6.CH2O2/c1-14(18-10-8-16-11-15(12-28)7-9-19(16)40-18)42-32-20(17-13-44-24(29-17)31-25(36)41-26(2,3)4)22(34)30-21-23(35)33(27(21,5)6)43-45(37,38)39;1-8-6-2-5(3-6)4-7;1-2;2-1-3/h7,9,11-14,18,21,28H,8,10H2,1-6H3,(H,30,34)(H,29,31,36)(H,37,38,39);5-6,8H,2-4,7H2,1H3;1-2H3;1H,(H,2,3)/b28-12?,32-20-;;;. The lowest BCUT2D eigenvalue weighted by Gasteiger charge is -2.50. The lowest BCUT2D eigenvalue weighted by molar-refractivity contribution is -0.218. The van der Waals surface area contributed by atoms with Crippen LogP contribution in [0.15, 0.2) is 28.7 Å². The number of benzene rings is 1. The van der Waals surface area contributed by atoms with Gasteiger partial charge >= 0.3 is 16.5 Å². The van der Waals surface area contributed by atoms with Gasteiger partial charge in [-0.2, -0.15) is 13.5 Å². The molecule has 2 fully saturated rings. The van der Waals surface area contributed by atoms with E-state index in [4.69, 9.17) is 39.9 Å². The molecule has 58 heavy (non-hydrogen) atoms. The molecule has 1 saturated carbocycles. The van der Waals surface area contributed by atoms with Crippen molar-refractivity contribution in [2.24, 2.45) is 16.8 Å². The second-order valence-corrected chi connectivity index (χ2v) is 16.3. The molecule has 2 aromatic rings. The van der Waals surface area contributed by atoms with Gasteiger partial charge in [-0.05, 0) is 116 Å². The molecule has 1 aliphatic carbocycles. The summed E-state index contributed by atoms with van der Waals surface area (Å²) in [7, 11) is -2.98. The molecule has 8 N–H and O–H groups in total. The average molecular weight is 857 g/mol. The van der Waals surface area contributed by atoms with Crippen molar-refractivity contribution in [3.63, 3.8) is 0 Å². The van der Waals surface area contributed by atoms with Gasteiger partial charge in [-0.1, -0.05) is 19.0 Å². The van der Waals surface area contributed by atoms with Crippen molar-refractivity contribution >= 4 is 63.2 Å². The fourth-order valence-electron chi connectivity index (χ4n) is 5.67. The summed E-state index contributed by atoms with van der Waals surface area (Å²) in [5.41, 5.74) is 4.64. The highest BCUT2D eigenvalue weighted by Crippen LogP contribution is 2.33. The van der Waals surface area contributed by atoms with Crippen LogP contribution in [0.25, 0.3) is 0 Å². The topological polar surface area (TPSA) is 294 Å². The van der Waals surface area contributed by atoms with Crippen LogP contribution in [-0.4, -0.2) is 113 Å². The molecular formula is C36H56N8O12S2. The molecule has 1 saturated heterocycles. The number of fused-ring (bicyclic) bond motifs is 1. The number of aromatic nitrogens is 1. The predicted octanol–water partition coefficient (Wildman–Crippen LogP) is 3.50. The van der Waals surface area contributed by atoms with E-state index in [1.165, 1.54) is 38.3 Å². The van der Waals surface area contributed by atoms with Crippen molar-refractivity contribution in [1.82, 2.24) is 20.7 Å². The first-order valence-corrected chi connectivity index (χ1v) is 20.7. The van der Waals surface area contributed by atoms with E-state index in [0.29, 0.717) is 23.7 Å². The van der Waals surface area contributed by atoms with Gasteiger partial charge in [-0.25, -0.2) is 9.78 Å². The molecule has 324 valence electrons. The number of amides is 3. The average Bonchev–Trinajstić information content (AvgIpc) is 3.59. The van der Waals surface area contributed by atoms with Crippen LogP contribution in [0.2, 0.25) is 0 Å². The molecule has 0 spiro atoms. The fraction of sp³-hybridized carbons (Fsp3) is 0.583. The van der Waals surface area contributed by atoms with Crippen molar-refractivity contribution in [3.8, 4) is 5.75 Å². The maximum Gasteiger partial charge on any atom is 0.418 e. The first-order valence-electron chi connectivity index (χ1n) is 18.4. The second kappa shape index (κ2) is 21.9. The SMILES string of the molecule is CC.CC(O/N=C(\C(=O)NC1C(=O)N(OS(=O)(=O)O)C1(C)C)c1csc(NC(=O)OC(C)(C)C)n1)C1CCc2cc(C=N)ccc2O1.CNC1CC(CN)C1.O=CO. The van der Waals surface area contributed by atoms with E-state index in [-0.39, 0.29) is 23.0 Å². The van der Waals surface area contributed by atoms with E-state index in [0.717, 1.165) is 41.0 Å². The van der Waals surface area contributed by atoms with Gasteiger partial charge in [0.2, 0.25) is 0 Å². The summed E-state index contributed by atoms with van der Waals surface area (Å²) in [5, 5.41) is 28.5. The smallest absolute Gasteiger partial charge is 0.418 e. The summed E-state index contributed by atoms with van der Waals surface area (Å²) in [5.74, 6) is -0.379. The number of oxime groups is 1. The number of carboxylic acid groups (broad SMARTS) is 1. The largest absolute Gasteiger partial charge is 0.486 e. The summed E-state index contributed by atoms with van der Waals surface area (Å²) < 4.78 is 47.0. The highest BCUT2D eigenvalue weighted by atomic mass is 32.3. The Morgan fingerprint density at radius 3 is 2.43 bits per heavy atom. The molecule has 0 radical (unpaired) electrons. The molecule has 0 bridgehead atoms. The van der Waals surface area contributed by atoms with Crippen molar-refractivity contribution in [2.45, 2.75) is 117 Å². The molecule has 3 aliphatic rings. The number of hydrogen-bond acceptors (Lipinski definition) is 16. The van der Waals surface area contributed by atoms with Crippen LogP contribution in [0.1, 0.15) is 91.5 Å². The van der Waals surface area contributed by atoms with E-state index in [9.17, 15) is 22.8 Å². The molecule has 3 atom stereocenters. The van der Waals surface area contributed by atoms with Crippen LogP contribution in [0, 0.1) is 11.3 Å². The van der Waals surface area contributed by atoms with Gasteiger partial charge in [-0.15, -0.1) is 15.6 Å². The minimum atomic E-state index is -5.00. The Labute approximate surface area is 342 Å². The van der Waals surface area contributed by atoms with Gasteiger partial charge in [0.25, 0.3) is 18.3 Å². The lowest BCUT2D eigenvalue weighted by Crippen LogP contribution is -2.76. The number of nitrogens with zero attached hydrogens (tertiary/aromatic N) is 3. The number of rotatable bonds is 12. The van der Waals surface area contributed by atoms with E-state index in [1.54, 1.807) is 39.8 Å². The third-order valence-corrected chi connectivity index (χ3v) is 9.82. The van der Waals surface area contributed by atoms with Crippen LogP contribution < -0.4 is 26.4 Å². The maximum absolute atomic E-state index is 13.5. The number of carbonyl (C=O) groups excluding carboxylic acids is 3. The van der Waals surface area contributed by atoms with Gasteiger partial charge in [0.1, 0.15) is 29.2 Å².